The number of ether oxygens (including phenoxy) is 7. The Bertz CT molecular complexity index is 2000. The van der Waals surface area contributed by atoms with Crippen LogP contribution in [0.2, 0.25) is 0 Å². The average molecular weight is 797 g/mol. The zero-order valence-corrected chi connectivity index (χ0v) is 31.8. The van der Waals surface area contributed by atoms with E-state index in [1.807, 2.05) is 19.1 Å². The van der Waals surface area contributed by atoms with E-state index < -0.39 is 89.6 Å². The number of pyridine rings is 1. The molecule has 0 radical (unpaired) electrons. The van der Waals surface area contributed by atoms with Gasteiger partial charge in [0.1, 0.15) is 46.5 Å². The number of aliphatic hydroxyl groups is 1. The molecule has 8 atom stereocenters. The van der Waals surface area contributed by atoms with Crippen molar-refractivity contribution < 1.29 is 62.9 Å². The summed E-state index contributed by atoms with van der Waals surface area (Å²) in [6.07, 6.45) is -3.00. The van der Waals surface area contributed by atoms with E-state index in [4.69, 9.17) is 33.2 Å². The van der Waals surface area contributed by atoms with Gasteiger partial charge in [-0.2, -0.15) is 0 Å². The Balaban J connectivity index is 1.11. The number of nitrogens with zero attached hydrogens (tertiary/aromatic N) is 2. The monoisotopic (exact) mass is 796 g/mol. The van der Waals surface area contributed by atoms with Crippen molar-refractivity contribution in [2.24, 2.45) is 0 Å². The molecule has 2 aromatic carbocycles. The van der Waals surface area contributed by atoms with E-state index in [1.54, 1.807) is 19.4 Å². The molecule has 3 aliphatic heterocycles. The van der Waals surface area contributed by atoms with Crippen LogP contribution in [0.3, 0.4) is 0 Å². The molecule has 8 rings (SSSR count). The minimum atomic E-state index is -2.17. The van der Waals surface area contributed by atoms with Crippen molar-refractivity contribution in [1.29, 1.82) is 0 Å². The Morgan fingerprint density at radius 3 is 2.64 bits per heavy atom. The van der Waals surface area contributed by atoms with Crippen LogP contribution in [0.25, 0.3) is 0 Å². The minimum Gasteiger partial charge on any atom is -0.507 e. The number of carbonyl (C=O) groups is 3. The lowest BCUT2D eigenvalue weighted by atomic mass is 9.72. The van der Waals surface area contributed by atoms with E-state index in [-0.39, 0.29) is 52.5 Å². The first-order valence-electron chi connectivity index (χ1n) is 17.8. The summed E-state index contributed by atoms with van der Waals surface area (Å²) in [6.45, 7) is 2.37. The summed E-state index contributed by atoms with van der Waals surface area (Å²) in [5, 5.41) is 36.7. The number of hydrogen-bond donors (Lipinski definition) is 3. The largest absolute Gasteiger partial charge is 0.507 e. The van der Waals surface area contributed by atoms with E-state index >= 15 is 0 Å². The second-order valence-electron chi connectivity index (χ2n) is 14.0. The third-order valence-corrected chi connectivity index (χ3v) is 12.8. The molecule has 3 saturated heterocycles. The number of rotatable bonds is 11. The van der Waals surface area contributed by atoms with Crippen LogP contribution in [0.1, 0.15) is 68.8 Å². The predicted octanol–water partition coefficient (Wildman–Crippen LogP) is 3.53. The first-order valence-corrected chi connectivity index (χ1v) is 20.1. The van der Waals surface area contributed by atoms with Crippen molar-refractivity contribution in [3.63, 3.8) is 0 Å². The van der Waals surface area contributed by atoms with Gasteiger partial charge in [-0.05, 0) is 35.9 Å². The van der Waals surface area contributed by atoms with Crippen molar-refractivity contribution in [2.45, 2.75) is 80.0 Å². The fraction of sp³-hybridized carbons (Fsp3) is 0.474. The number of Topliss-reactive ketones (excluding diaryl/α,β-unsaturated/α-hetero) is 1. The summed E-state index contributed by atoms with van der Waals surface area (Å²) in [6, 6.07) is 9.82. The van der Waals surface area contributed by atoms with E-state index in [0.717, 1.165) is 5.03 Å². The van der Waals surface area contributed by atoms with Crippen LogP contribution in [0.4, 0.5) is 0 Å². The number of methoxy groups -OCH3 is 2. The molecular formula is C38H40N2O13S2. The number of carbonyl (C=O) groups excluding carboxylic acids is 3. The number of phenols is 2. The molecule has 0 spiro atoms. The maximum atomic E-state index is 14.1. The molecule has 0 saturated carbocycles. The van der Waals surface area contributed by atoms with Gasteiger partial charge >= 0.3 is 0 Å². The van der Waals surface area contributed by atoms with Crippen LogP contribution < -0.4 is 4.74 Å². The molecule has 5 aliphatic rings. The summed E-state index contributed by atoms with van der Waals surface area (Å²) >= 11 is 0. The van der Waals surface area contributed by atoms with Crippen LogP contribution >= 0.6 is 21.6 Å². The molecule has 15 nitrogen and oxygen atoms in total. The molecule has 292 valence electrons. The highest BCUT2D eigenvalue weighted by atomic mass is 33.1. The molecule has 17 heteroatoms. The summed E-state index contributed by atoms with van der Waals surface area (Å²) < 4.78 is 41.5. The Labute approximate surface area is 323 Å². The van der Waals surface area contributed by atoms with Crippen LogP contribution in [-0.2, 0) is 39.6 Å². The number of benzene rings is 2. The van der Waals surface area contributed by atoms with Gasteiger partial charge in [-0.3, -0.25) is 19.3 Å². The molecule has 0 amide bonds. The molecule has 0 unspecified atom stereocenters. The molecule has 0 bridgehead atoms. The highest BCUT2D eigenvalue weighted by Crippen LogP contribution is 2.53. The summed E-state index contributed by atoms with van der Waals surface area (Å²) in [5.41, 5.74) is -3.23. The Kier molecular flexibility index (Phi) is 10.7. The highest BCUT2D eigenvalue weighted by molar-refractivity contribution is 8.76. The third kappa shape index (κ3) is 6.73. The number of aromatic hydroxyl groups is 2. The number of ketones is 3. The summed E-state index contributed by atoms with van der Waals surface area (Å²) in [4.78, 5) is 48.3. The Hall–Kier alpha value is -3.62. The maximum absolute atomic E-state index is 14.1. The Morgan fingerprint density at radius 1 is 1.05 bits per heavy atom. The van der Waals surface area contributed by atoms with Gasteiger partial charge in [-0.15, -0.1) is 0 Å². The van der Waals surface area contributed by atoms with E-state index in [9.17, 15) is 29.7 Å². The van der Waals surface area contributed by atoms with Gasteiger partial charge < -0.3 is 48.5 Å². The van der Waals surface area contributed by atoms with E-state index in [0.29, 0.717) is 19.6 Å². The van der Waals surface area contributed by atoms with Gasteiger partial charge in [0.2, 0.25) is 5.78 Å². The van der Waals surface area contributed by atoms with E-state index in [2.05, 4.69) is 9.88 Å². The molecular weight excluding hydrogens is 757 g/mol. The number of phenolic OH excluding ortho intramolecular Hbond substituents is 2. The quantitative estimate of drug-likeness (QED) is 0.0863. The zero-order chi connectivity index (χ0) is 38.6. The predicted molar refractivity (Wildman–Crippen MR) is 195 cm³/mol. The lowest BCUT2D eigenvalue weighted by Gasteiger charge is -2.43. The van der Waals surface area contributed by atoms with Crippen LogP contribution in [-0.4, -0.2) is 125 Å². The molecule has 3 fully saturated rings. The van der Waals surface area contributed by atoms with Crippen molar-refractivity contribution >= 4 is 38.9 Å². The number of fused-ring (bicyclic) bond motifs is 6. The lowest BCUT2D eigenvalue weighted by molar-refractivity contribution is -0.256. The van der Waals surface area contributed by atoms with Gasteiger partial charge in [0.05, 0.1) is 42.6 Å². The molecule has 1 aromatic heterocycles. The molecule has 2 aliphatic carbocycles. The van der Waals surface area contributed by atoms with Gasteiger partial charge in [0, 0.05) is 61.8 Å². The molecule has 3 aromatic rings. The van der Waals surface area contributed by atoms with Crippen LogP contribution in [0, 0.1) is 0 Å². The smallest absolute Gasteiger partial charge is 0.202 e. The fourth-order valence-corrected chi connectivity index (χ4v) is 9.89. The minimum absolute atomic E-state index is 0.0222. The number of morpholine rings is 1. The topological polar surface area (TPSA) is 193 Å². The molecule has 55 heavy (non-hydrogen) atoms. The van der Waals surface area contributed by atoms with Crippen molar-refractivity contribution in [1.82, 2.24) is 9.88 Å². The number of aromatic nitrogens is 1. The number of hydrogen-bond acceptors (Lipinski definition) is 17. The summed E-state index contributed by atoms with van der Waals surface area (Å²) in [5.74, 6) is -3.18. The van der Waals surface area contributed by atoms with Crippen LogP contribution in [0.15, 0.2) is 47.6 Å². The fourth-order valence-electron chi connectivity index (χ4n) is 8.33. The van der Waals surface area contributed by atoms with Crippen molar-refractivity contribution in [3.05, 3.63) is 76.0 Å². The van der Waals surface area contributed by atoms with Crippen molar-refractivity contribution in [2.75, 3.05) is 39.9 Å². The maximum Gasteiger partial charge on any atom is 0.202 e. The molecule has 4 heterocycles. The average Bonchev–Trinajstić information content (AvgIpc) is 3.57. The Morgan fingerprint density at radius 2 is 1.87 bits per heavy atom. The second-order valence-corrected chi connectivity index (χ2v) is 16.2. The van der Waals surface area contributed by atoms with E-state index in [1.165, 1.54) is 46.9 Å². The van der Waals surface area contributed by atoms with Gasteiger partial charge in [-0.1, -0.05) is 29.0 Å². The SMILES string of the molecule is COc1cccc2c1C(=O)c1c(O)c3c(c(O)c1C2=O)C[C@@](O)(C(=O)COCSSc1ccccn1)C[C@@H]3O[C@H]1C[C@H]2[C@H](O[C@@H]3[C@@H](OC)OCCN32)[C@H](C)O1. The third-order valence-electron chi connectivity index (χ3n) is 10.8. The highest BCUT2D eigenvalue weighted by Gasteiger charge is 2.55. The normalized spacial score (nSPS) is 29.9. The molecule has 3 N–H and O–H groups in total. The first kappa shape index (κ1) is 38.3. The first-order chi connectivity index (χ1) is 26.5. The zero-order valence-electron chi connectivity index (χ0n) is 30.2. The van der Waals surface area contributed by atoms with Gasteiger partial charge in [0.25, 0.3) is 0 Å². The lowest BCUT2D eigenvalue weighted by Crippen LogP contribution is -2.55. The summed E-state index contributed by atoms with van der Waals surface area (Å²) in [7, 11) is 5.59. The standard InChI is InChI=1S/C38H40N2O13S2/c1-18-35-21(40-11-12-50-37(48-3)36(40)53-35)13-26(51-18)52-23-15-38(46,24(41)16-49-17-54-55-25-9-4-5-10-39-25)14-20-28(23)34(45)30-29(32(20)43)31(42)19-7-6-8-22(47-2)27(19)33(30)44/h4-10,18,21,23,26,35-37,43,45-46H,11-17H2,1-3H3/t18-,21-,23-,26-,35+,36+,37-,38-/m0/s1. The van der Waals surface area contributed by atoms with Crippen LogP contribution in [0.5, 0.6) is 17.2 Å². The van der Waals surface area contributed by atoms with Gasteiger partial charge in [-0.25, -0.2) is 4.98 Å². The van der Waals surface area contributed by atoms with Gasteiger partial charge in [0.15, 0.2) is 30.4 Å². The second kappa shape index (κ2) is 15.4. The van der Waals surface area contributed by atoms with Crippen molar-refractivity contribution in [3.8, 4) is 17.2 Å².